The van der Waals surface area contributed by atoms with Crippen LogP contribution in [0.4, 0.5) is 5.69 Å². The van der Waals surface area contributed by atoms with Crippen LogP contribution in [-0.4, -0.2) is 11.5 Å². The molecule has 0 aliphatic rings. The number of hydrogen-bond donors (Lipinski definition) is 2. The first-order chi connectivity index (χ1) is 11.1. The second-order valence-corrected chi connectivity index (χ2v) is 7.09. The zero-order valence-electron chi connectivity index (χ0n) is 14.4. The van der Waals surface area contributed by atoms with Crippen LogP contribution in [0, 0.1) is 0 Å². The van der Waals surface area contributed by atoms with E-state index in [2.05, 4.69) is 25.3 Å². The molecule has 0 radical (unpaired) electrons. The highest BCUT2D eigenvalue weighted by molar-refractivity contribution is 8.03. The molecule has 1 rings (SSSR count). The lowest BCUT2D eigenvalue weighted by molar-refractivity contribution is 0.786. The van der Waals surface area contributed by atoms with Crippen LogP contribution in [0.15, 0.2) is 65.1 Å². The number of unbranched alkanes of at least 4 members (excludes halogenated alkanes) is 2. The van der Waals surface area contributed by atoms with Crippen LogP contribution in [0.2, 0.25) is 0 Å². The minimum Gasteiger partial charge on any atom is -0.399 e. The maximum absolute atomic E-state index is 5.66. The molecule has 0 bridgehead atoms. The molecule has 0 spiro atoms. The van der Waals surface area contributed by atoms with Crippen molar-refractivity contribution in [3.05, 3.63) is 60.2 Å². The quantitative estimate of drug-likeness (QED) is 0.241. The summed E-state index contributed by atoms with van der Waals surface area (Å²) in [4.78, 5) is 2.33. The molecule has 0 atom stereocenters. The Morgan fingerprint density at radius 2 is 1.61 bits per heavy atom. The predicted molar refractivity (Wildman–Crippen MR) is 111 cm³/mol. The molecule has 0 saturated heterocycles. The summed E-state index contributed by atoms with van der Waals surface area (Å²) in [6.45, 7) is 11.6. The van der Waals surface area contributed by atoms with Crippen LogP contribution in [0.25, 0.3) is 0 Å². The van der Waals surface area contributed by atoms with Crippen molar-refractivity contribution < 1.29 is 0 Å². The van der Waals surface area contributed by atoms with E-state index >= 15 is 0 Å². The van der Waals surface area contributed by atoms with Crippen LogP contribution in [0.3, 0.4) is 0 Å². The molecule has 1 aromatic carbocycles. The van der Waals surface area contributed by atoms with Gasteiger partial charge in [0, 0.05) is 21.2 Å². The fourth-order valence-electron chi connectivity index (χ4n) is 1.59. The van der Waals surface area contributed by atoms with Gasteiger partial charge in [0.05, 0.1) is 0 Å². The van der Waals surface area contributed by atoms with E-state index < -0.39 is 0 Å². The average Bonchev–Trinajstić information content (AvgIpc) is 2.55. The van der Waals surface area contributed by atoms with Crippen molar-refractivity contribution in [2.24, 2.45) is 5.73 Å². The SMILES string of the molecule is C=C(N)/C=C\C(=C)SCCCCCSc1ccc(N)cc1.CC. The van der Waals surface area contributed by atoms with Gasteiger partial charge < -0.3 is 11.5 Å². The van der Waals surface area contributed by atoms with Gasteiger partial charge in [-0.3, -0.25) is 0 Å². The van der Waals surface area contributed by atoms with Crippen molar-refractivity contribution in [1.29, 1.82) is 0 Å². The molecule has 2 nitrogen and oxygen atoms in total. The minimum absolute atomic E-state index is 0.566. The highest BCUT2D eigenvalue weighted by Gasteiger charge is 1.96. The van der Waals surface area contributed by atoms with Gasteiger partial charge >= 0.3 is 0 Å². The molecule has 128 valence electrons. The van der Waals surface area contributed by atoms with Gasteiger partial charge in [0.2, 0.25) is 0 Å². The molecule has 0 aliphatic heterocycles. The van der Waals surface area contributed by atoms with Crippen molar-refractivity contribution >= 4 is 29.2 Å². The zero-order valence-corrected chi connectivity index (χ0v) is 16.0. The van der Waals surface area contributed by atoms with Crippen LogP contribution < -0.4 is 11.5 Å². The summed E-state index contributed by atoms with van der Waals surface area (Å²) < 4.78 is 0. The Bertz CT molecular complexity index is 479. The summed E-state index contributed by atoms with van der Waals surface area (Å²) in [7, 11) is 0. The van der Waals surface area contributed by atoms with Gasteiger partial charge in [0.1, 0.15) is 0 Å². The Morgan fingerprint density at radius 3 is 2.22 bits per heavy atom. The Kier molecular flexibility index (Phi) is 13.6. The van der Waals surface area contributed by atoms with E-state index in [0.29, 0.717) is 5.70 Å². The van der Waals surface area contributed by atoms with E-state index in [4.69, 9.17) is 11.5 Å². The molecular formula is C19H30N2S2. The zero-order chi connectivity index (χ0) is 17.5. The molecule has 0 amide bonds. The van der Waals surface area contributed by atoms with Gasteiger partial charge in [-0.05, 0) is 60.8 Å². The molecule has 0 saturated carbocycles. The maximum atomic E-state index is 5.66. The third-order valence-corrected chi connectivity index (χ3v) is 4.81. The fraction of sp³-hybridized carbons (Fsp3) is 0.368. The van der Waals surface area contributed by atoms with E-state index in [1.54, 1.807) is 17.8 Å². The largest absolute Gasteiger partial charge is 0.399 e. The van der Waals surface area contributed by atoms with Gasteiger partial charge in [-0.15, -0.1) is 23.5 Å². The number of rotatable bonds is 10. The molecule has 4 N–H and O–H groups in total. The molecule has 1 aromatic rings. The maximum Gasteiger partial charge on any atom is 0.0314 e. The number of thioether (sulfide) groups is 2. The molecule has 0 heterocycles. The van der Waals surface area contributed by atoms with Crippen molar-refractivity contribution in [2.45, 2.75) is 38.0 Å². The summed E-state index contributed by atoms with van der Waals surface area (Å²) in [5, 5.41) is 0. The first kappa shape index (κ1) is 21.7. The standard InChI is InChI=1S/C17H24N2S2.C2H6/c1-14(18)6-7-15(2)20-12-4-3-5-13-21-17-10-8-16(19)9-11-17;1-2/h6-11H,1-5,12-13,18-19H2;1-2H3/b7-6-;. The number of nitrogen functional groups attached to an aromatic ring is 1. The summed E-state index contributed by atoms with van der Waals surface area (Å²) in [5.74, 6) is 2.26. The second kappa shape index (κ2) is 14.3. The number of nitrogens with two attached hydrogens (primary N) is 2. The lowest BCUT2D eigenvalue weighted by Crippen LogP contribution is -1.88. The Labute approximate surface area is 150 Å². The van der Waals surface area contributed by atoms with Crippen LogP contribution >= 0.6 is 23.5 Å². The lowest BCUT2D eigenvalue weighted by atomic mass is 10.3. The Morgan fingerprint density at radius 1 is 1.00 bits per heavy atom. The van der Waals surface area contributed by atoms with E-state index in [0.717, 1.165) is 22.1 Å². The highest BCUT2D eigenvalue weighted by Crippen LogP contribution is 2.22. The van der Waals surface area contributed by atoms with Crippen molar-refractivity contribution in [3.8, 4) is 0 Å². The molecule has 23 heavy (non-hydrogen) atoms. The molecule has 0 fully saturated rings. The van der Waals surface area contributed by atoms with Gasteiger partial charge in [0.25, 0.3) is 0 Å². The van der Waals surface area contributed by atoms with Gasteiger partial charge in [0.15, 0.2) is 0 Å². The summed E-state index contributed by atoms with van der Waals surface area (Å²) in [5.41, 5.74) is 12.5. The monoisotopic (exact) mass is 350 g/mol. The minimum atomic E-state index is 0.566. The van der Waals surface area contributed by atoms with Gasteiger partial charge in [-0.2, -0.15) is 0 Å². The molecule has 0 aromatic heterocycles. The van der Waals surface area contributed by atoms with Crippen LogP contribution in [0.1, 0.15) is 33.1 Å². The third kappa shape index (κ3) is 12.9. The first-order valence-corrected chi connectivity index (χ1v) is 9.97. The van der Waals surface area contributed by atoms with Crippen LogP contribution in [-0.2, 0) is 0 Å². The summed E-state index contributed by atoms with van der Waals surface area (Å²) >= 11 is 3.67. The Hall–Kier alpha value is -1.26. The van der Waals surface area contributed by atoms with E-state index in [-0.39, 0.29) is 0 Å². The van der Waals surface area contributed by atoms with E-state index in [9.17, 15) is 0 Å². The van der Waals surface area contributed by atoms with Crippen molar-refractivity contribution in [2.75, 3.05) is 17.2 Å². The van der Waals surface area contributed by atoms with Crippen molar-refractivity contribution in [3.63, 3.8) is 0 Å². The molecule has 0 unspecified atom stereocenters. The predicted octanol–water partition coefficient (Wildman–Crippen LogP) is 5.83. The first-order valence-electron chi connectivity index (χ1n) is 8.00. The number of hydrogen-bond acceptors (Lipinski definition) is 4. The van der Waals surface area contributed by atoms with E-state index in [1.807, 2.05) is 43.8 Å². The van der Waals surface area contributed by atoms with Gasteiger partial charge in [-0.1, -0.05) is 33.4 Å². The molecular weight excluding hydrogens is 320 g/mol. The topological polar surface area (TPSA) is 52.0 Å². The van der Waals surface area contributed by atoms with Crippen LogP contribution in [0.5, 0.6) is 0 Å². The number of anilines is 1. The molecule has 4 heteroatoms. The second-order valence-electron chi connectivity index (χ2n) is 4.70. The summed E-state index contributed by atoms with van der Waals surface area (Å²) in [6.07, 6.45) is 7.40. The fourth-order valence-corrected chi connectivity index (χ4v) is 3.27. The van der Waals surface area contributed by atoms with E-state index in [1.165, 1.54) is 24.2 Å². The number of benzene rings is 1. The normalized spacial score (nSPS) is 10.2. The van der Waals surface area contributed by atoms with Crippen molar-refractivity contribution in [1.82, 2.24) is 0 Å². The summed E-state index contributed by atoms with van der Waals surface area (Å²) in [6, 6.07) is 8.07. The smallest absolute Gasteiger partial charge is 0.0314 e. The third-order valence-electron chi connectivity index (χ3n) is 2.71. The lowest BCUT2D eigenvalue weighted by Gasteiger charge is -2.03. The molecule has 0 aliphatic carbocycles. The average molecular weight is 351 g/mol. The van der Waals surface area contributed by atoms with Gasteiger partial charge in [-0.25, -0.2) is 0 Å². The Balaban J connectivity index is 0.00000232. The highest BCUT2D eigenvalue weighted by atomic mass is 32.2. The number of allylic oxidation sites excluding steroid dienone is 2.